The Morgan fingerprint density at radius 1 is 1.23 bits per heavy atom. The van der Waals surface area contributed by atoms with Crippen LogP contribution >= 0.6 is 0 Å². The van der Waals surface area contributed by atoms with Crippen molar-refractivity contribution in [2.45, 2.75) is 39.4 Å². The highest BCUT2D eigenvalue weighted by Crippen LogP contribution is 2.20. The van der Waals surface area contributed by atoms with Crippen molar-refractivity contribution in [3.63, 3.8) is 0 Å². The molecule has 1 aliphatic rings. The van der Waals surface area contributed by atoms with Crippen LogP contribution in [0.5, 0.6) is 0 Å². The highest BCUT2D eigenvalue weighted by molar-refractivity contribution is 5.21. The monoisotopic (exact) mass is 300 g/mol. The number of hydrogen-bond donors (Lipinski definition) is 1. The zero-order valence-electron chi connectivity index (χ0n) is 13.3. The number of hydrogen-bond acceptors (Lipinski definition) is 5. The molecule has 2 aromatic heterocycles. The molecule has 0 amide bonds. The molecule has 22 heavy (non-hydrogen) atoms. The maximum absolute atomic E-state index is 4.47. The summed E-state index contributed by atoms with van der Waals surface area (Å²) < 4.78 is 2.16. The lowest BCUT2D eigenvalue weighted by atomic mass is 10.0. The van der Waals surface area contributed by atoms with Crippen LogP contribution < -0.4 is 5.32 Å². The first kappa shape index (κ1) is 15.0. The third-order valence-electron chi connectivity index (χ3n) is 4.23. The van der Waals surface area contributed by atoms with Gasteiger partial charge in [0.15, 0.2) is 0 Å². The zero-order valence-corrected chi connectivity index (χ0v) is 13.3. The Bertz CT molecular complexity index is 579. The van der Waals surface area contributed by atoms with Crippen LogP contribution in [0.3, 0.4) is 0 Å². The topological polar surface area (TPSA) is 58.9 Å². The molecule has 0 radical (unpaired) electrons. The molecule has 0 spiro atoms. The highest BCUT2D eigenvalue weighted by Gasteiger charge is 2.23. The Balaban J connectivity index is 1.60. The predicted octanol–water partition coefficient (Wildman–Crippen LogP) is 2.02. The standard InChI is InChI=1S/C16H24N6/c1-13(2)21-10-14(11-22-15(12-21)5-9-20-22)4-8-19-16-17-6-3-7-18-16/h3,5-7,9,13-14H,4,8,10-12H2,1-2H3,(H,17,18,19)/t14-/m0/s1. The third-order valence-corrected chi connectivity index (χ3v) is 4.23. The molecule has 2 aromatic rings. The first-order chi connectivity index (χ1) is 10.7. The van der Waals surface area contributed by atoms with Gasteiger partial charge in [-0.15, -0.1) is 0 Å². The van der Waals surface area contributed by atoms with E-state index in [1.54, 1.807) is 12.4 Å². The summed E-state index contributed by atoms with van der Waals surface area (Å²) in [6.45, 7) is 8.50. The molecule has 3 rings (SSSR count). The van der Waals surface area contributed by atoms with E-state index in [2.05, 4.69) is 49.9 Å². The molecule has 0 saturated carbocycles. The van der Waals surface area contributed by atoms with E-state index in [1.807, 2.05) is 12.3 Å². The summed E-state index contributed by atoms with van der Waals surface area (Å²) in [5.74, 6) is 1.29. The quantitative estimate of drug-likeness (QED) is 0.915. The van der Waals surface area contributed by atoms with E-state index < -0.39 is 0 Å². The molecule has 6 heteroatoms. The van der Waals surface area contributed by atoms with E-state index in [0.717, 1.165) is 32.6 Å². The molecular formula is C16H24N6. The zero-order chi connectivity index (χ0) is 15.4. The summed E-state index contributed by atoms with van der Waals surface area (Å²) in [5.41, 5.74) is 1.32. The summed E-state index contributed by atoms with van der Waals surface area (Å²) >= 11 is 0. The van der Waals surface area contributed by atoms with Gasteiger partial charge in [0.25, 0.3) is 0 Å². The Morgan fingerprint density at radius 3 is 2.82 bits per heavy atom. The van der Waals surface area contributed by atoms with Crippen LogP contribution in [0.15, 0.2) is 30.7 Å². The second-order valence-corrected chi connectivity index (χ2v) is 6.18. The first-order valence-corrected chi connectivity index (χ1v) is 7.98. The number of anilines is 1. The minimum atomic E-state index is 0.550. The van der Waals surface area contributed by atoms with Crippen LogP contribution in [0, 0.1) is 5.92 Å². The second kappa shape index (κ2) is 6.87. The fraction of sp³-hybridized carbons (Fsp3) is 0.562. The van der Waals surface area contributed by atoms with Crippen molar-refractivity contribution < 1.29 is 0 Å². The lowest BCUT2D eigenvalue weighted by molar-refractivity contribution is 0.182. The van der Waals surface area contributed by atoms with Crippen molar-refractivity contribution in [3.05, 3.63) is 36.4 Å². The number of nitrogens with one attached hydrogen (secondary N) is 1. The molecular weight excluding hydrogens is 276 g/mol. The van der Waals surface area contributed by atoms with Gasteiger partial charge in [0.1, 0.15) is 0 Å². The Morgan fingerprint density at radius 2 is 2.05 bits per heavy atom. The van der Waals surface area contributed by atoms with Gasteiger partial charge >= 0.3 is 0 Å². The van der Waals surface area contributed by atoms with E-state index in [4.69, 9.17) is 0 Å². The lowest BCUT2D eigenvalue weighted by Gasteiger charge is -2.27. The largest absolute Gasteiger partial charge is 0.354 e. The fourth-order valence-electron chi connectivity index (χ4n) is 2.92. The number of rotatable bonds is 5. The molecule has 0 aromatic carbocycles. The Labute approximate surface area is 131 Å². The van der Waals surface area contributed by atoms with Crippen molar-refractivity contribution in [2.75, 3.05) is 18.4 Å². The average Bonchev–Trinajstić information content (AvgIpc) is 2.87. The van der Waals surface area contributed by atoms with Gasteiger partial charge in [0, 0.05) is 50.8 Å². The van der Waals surface area contributed by atoms with E-state index >= 15 is 0 Å². The summed E-state index contributed by atoms with van der Waals surface area (Å²) in [7, 11) is 0. The molecule has 0 aliphatic carbocycles. The number of aromatic nitrogens is 4. The van der Waals surface area contributed by atoms with Gasteiger partial charge in [0.05, 0.1) is 5.69 Å². The van der Waals surface area contributed by atoms with E-state index in [9.17, 15) is 0 Å². The van der Waals surface area contributed by atoms with Gasteiger partial charge in [-0.05, 0) is 38.3 Å². The molecule has 1 aliphatic heterocycles. The van der Waals surface area contributed by atoms with Crippen LogP contribution in [0.1, 0.15) is 26.0 Å². The molecule has 0 fully saturated rings. The maximum atomic E-state index is 4.47. The van der Waals surface area contributed by atoms with Gasteiger partial charge in [0.2, 0.25) is 5.95 Å². The molecule has 1 N–H and O–H groups in total. The third kappa shape index (κ3) is 3.62. The van der Waals surface area contributed by atoms with Gasteiger partial charge in [-0.1, -0.05) is 0 Å². The SMILES string of the molecule is CC(C)N1Cc2ccnn2C[C@@H](CCNc2ncccn2)C1. The summed E-state index contributed by atoms with van der Waals surface area (Å²) in [5, 5.41) is 7.78. The molecule has 0 bridgehead atoms. The van der Waals surface area contributed by atoms with Crippen LogP contribution in [0.4, 0.5) is 5.95 Å². The fourth-order valence-corrected chi connectivity index (χ4v) is 2.92. The molecule has 0 saturated heterocycles. The van der Waals surface area contributed by atoms with E-state index in [1.165, 1.54) is 5.69 Å². The summed E-state index contributed by atoms with van der Waals surface area (Å²) in [6.07, 6.45) is 6.52. The van der Waals surface area contributed by atoms with E-state index in [-0.39, 0.29) is 0 Å². The average molecular weight is 300 g/mol. The van der Waals surface area contributed by atoms with Crippen molar-refractivity contribution in [1.29, 1.82) is 0 Å². The Kier molecular flexibility index (Phi) is 4.68. The predicted molar refractivity (Wildman–Crippen MR) is 86.4 cm³/mol. The van der Waals surface area contributed by atoms with Crippen LogP contribution in [-0.4, -0.2) is 43.8 Å². The molecule has 1 atom stereocenters. The van der Waals surface area contributed by atoms with Crippen molar-refractivity contribution >= 4 is 5.95 Å². The van der Waals surface area contributed by atoms with Gasteiger partial charge in [-0.3, -0.25) is 9.58 Å². The second-order valence-electron chi connectivity index (χ2n) is 6.18. The van der Waals surface area contributed by atoms with Crippen LogP contribution in [-0.2, 0) is 13.1 Å². The molecule has 3 heterocycles. The Hall–Kier alpha value is -1.95. The number of fused-ring (bicyclic) bond motifs is 1. The van der Waals surface area contributed by atoms with Crippen molar-refractivity contribution in [3.8, 4) is 0 Å². The smallest absolute Gasteiger partial charge is 0.222 e. The number of nitrogens with zero attached hydrogens (tertiary/aromatic N) is 5. The van der Waals surface area contributed by atoms with Crippen LogP contribution in [0.25, 0.3) is 0 Å². The summed E-state index contributed by atoms with van der Waals surface area (Å²) in [4.78, 5) is 10.9. The normalized spacial score (nSPS) is 19.0. The summed E-state index contributed by atoms with van der Waals surface area (Å²) in [6, 6.07) is 4.51. The van der Waals surface area contributed by atoms with Crippen LogP contribution in [0.2, 0.25) is 0 Å². The molecule has 0 unspecified atom stereocenters. The lowest BCUT2D eigenvalue weighted by Crippen LogP contribution is -2.34. The minimum Gasteiger partial charge on any atom is -0.354 e. The molecule has 6 nitrogen and oxygen atoms in total. The highest BCUT2D eigenvalue weighted by atomic mass is 15.3. The first-order valence-electron chi connectivity index (χ1n) is 7.98. The van der Waals surface area contributed by atoms with Crippen molar-refractivity contribution in [2.24, 2.45) is 5.92 Å². The maximum Gasteiger partial charge on any atom is 0.222 e. The van der Waals surface area contributed by atoms with Gasteiger partial charge in [-0.25, -0.2) is 9.97 Å². The minimum absolute atomic E-state index is 0.550. The molecule has 118 valence electrons. The van der Waals surface area contributed by atoms with Crippen molar-refractivity contribution in [1.82, 2.24) is 24.6 Å². The van der Waals surface area contributed by atoms with Gasteiger partial charge < -0.3 is 5.32 Å². The van der Waals surface area contributed by atoms with E-state index in [0.29, 0.717) is 17.9 Å². The van der Waals surface area contributed by atoms with Gasteiger partial charge in [-0.2, -0.15) is 5.10 Å².